The van der Waals surface area contributed by atoms with E-state index in [1.54, 1.807) is 0 Å². The van der Waals surface area contributed by atoms with Crippen molar-refractivity contribution in [2.24, 2.45) is 5.92 Å². The normalized spacial score (nSPS) is 25.4. The Morgan fingerprint density at radius 3 is 2.61 bits per heavy atom. The van der Waals surface area contributed by atoms with Gasteiger partial charge < -0.3 is 15.2 Å². The van der Waals surface area contributed by atoms with Crippen molar-refractivity contribution in [3.63, 3.8) is 0 Å². The van der Waals surface area contributed by atoms with E-state index in [0.29, 0.717) is 5.92 Å². The third kappa shape index (κ3) is 4.64. The summed E-state index contributed by atoms with van der Waals surface area (Å²) in [7, 11) is 0. The van der Waals surface area contributed by atoms with E-state index in [9.17, 15) is 9.59 Å². The monoisotopic (exact) mass is 257 g/mol. The zero-order valence-corrected chi connectivity index (χ0v) is 11.1. The zero-order chi connectivity index (χ0) is 13.5. The molecule has 3 atom stereocenters. The highest BCUT2D eigenvalue weighted by Crippen LogP contribution is 2.29. The largest absolute Gasteiger partial charge is 0.480 e. The van der Waals surface area contributed by atoms with Gasteiger partial charge in [-0.05, 0) is 18.8 Å². The summed E-state index contributed by atoms with van der Waals surface area (Å²) < 4.78 is 5.72. The molecule has 1 fully saturated rings. The van der Waals surface area contributed by atoms with Gasteiger partial charge in [-0.25, -0.2) is 4.79 Å². The summed E-state index contributed by atoms with van der Waals surface area (Å²) in [4.78, 5) is 21.9. The Balaban J connectivity index is 2.44. The topological polar surface area (TPSA) is 75.6 Å². The van der Waals surface area contributed by atoms with Crippen LogP contribution in [0.15, 0.2) is 0 Å². The fourth-order valence-electron chi connectivity index (χ4n) is 2.50. The quantitative estimate of drug-likeness (QED) is 0.757. The lowest BCUT2D eigenvalue weighted by molar-refractivity contribution is -0.144. The molecule has 1 saturated carbocycles. The SMILES string of the molecule is CCC1CCCCC1OCC(NC(C)=O)C(=O)O. The first kappa shape index (κ1) is 15.0. The summed E-state index contributed by atoms with van der Waals surface area (Å²) in [6.07, 6.45) is 5.71. The molecule has 0 bridgehead atoms. The summed E-state index contributed by atoms with van der Waals surface area (Å²) in [6, 6.07) is -0.943. The minimum atomic E-state index is -1.05. The van der Waals surface area contributed by atoms with Crippen molar-refractivity contribution >= 4 is 11.9 Å². The maximum absolute atomic E-state index is 11.0. The van der Waals surface area contributed by atoms with E-state index >= 15 is 0 Å². The number of carbonyl (C=O) groups excluding carboxylic acids is 1. The average molecular weight is 257 g/mol. The van der Waals surface area contributed by atoms with Gasteiger partial charge >= 0.3 is 5.97 Å². The van der Waals surface area contributed by atoms with Gasteiger partial charge in [-0.3, -0.25) is 4.79 Å². The molecule has 0 saturated heterocycles. The molecule has 2 N–H and O–H groups in total. The number of aliphatic carboxylic acids is 1. The van der Waals surface area contributed by atoms with E-state index in [1.807, 2.05) is 0 Å². The Kier molecular flexibility index (Phi) is 6.12. The van der Waals surface area contributed by atoms with Gasteiger partial charge in [0.15, 0.2) is 6.04 Å². The lowest BCUT2D eigenvalue weighted by Crippen LogP contribution is -2.44. The lowest BCUT2D eigenvalue weighted by Gasteiger charge is -2.31. The van der Waals surface area contributed by atoms with E-state index in [4.69, 9.17) is 9.84 Å². The predicted octanol–water partition coefficient (Wildman–Crippen LogP) is 1.56. The minimum Gasteiger partial charge on any atom is -0.480 e. The number of hydrogen-bond acceptors (Lipinski definition) is 3. The van der Waals surface area contributed by atoms with Crippen molar-refractivity contribution in [1.29, 1.82) is 0 Å². The van der Waals surface area contributed by atoms with Gasteiger partial charge in [0, 0.05) is 6.92 Å². The number of hydrogen-bond donors (Lipinski definition) is 2. The van der Waals surface area contributed by atoms with E-state index in [0.717, 1.165) is 25.7 Å². The standard InChI is InChI=1S/C13H23NO4/c1-3-10-6-4-5-7-12(10)18-8-11(13(16)17)14-9(2)15/h10-12H,3-8H2,1-2H3,(H,14,15)(H,16,17). The van der Waals surface area contributed by atoms with Gasteiger partial charge in [0.05, 0.1) is 12.7 Å². The molecular weight excluding hydrogens is 234 g/mol. The van der Waals surface area contributed by atoms with Gasteiger partial charge in [-0.2, -0.15) is 0 Å². The predicted molar refractivity (Wildman–Crippen MR) is 67.2 cm³/mol. The summed E-state index contributed by atoms with van der Waals surface area (Å²) >= 11 is 0. The molecule has 104 valence electrons. The molecule has 18 heavy (non-hydrogen) atoms. The number of carboxylic acid groups (broad SMARTS) is 1. The molecule has 0 heterocycles. The van der Waals surface area contributed by atoms with Crippen LogP contribution in [0.1, 0.15) is 46.0 Å². The molecule has 1 aliphatic rings. The van der Waals surface area contributed by atoms with Gasteiger partial charge in [0.2, 0.25) is 5.91 Å². The van der Waals surface area contributed by atoms with Gasteiger partial charge in [-0.1, -0.05) is 26.2 Å². The second-order valence-corrected chi connectivity index (χ2v) is 4.92. The Labute approximate surface area is 108 Å². The van der Waals surface area contributed by atoms with Crippen molar-refractivity contribution in [1.82, 2.24) is 5.32 Å². The highest BCUT2D eigenvalue weighted by atomic mass is 16.5. The number of nitrogens with one attached hydrogen (secondary N) is 1. The highest BCUT2D eigenvalue weighted by molar-refractivity contribution is 5.82. The maximum Gasteiger partial charge on any atom is 0.328 e. The number of rotatable bonds is 6. The highest BCUT2D eigenvalue weighted by Gasteiger charge is 2.27. The molecule has 1 amide bonds. The molecule has 0 aromatic rings. The van der Waals surface area contributed by atoms with Crippen LogP contribution in [0.4, 0.5) is 0 Å². The first-order valence-electron chi connectivity index (χ1n) is 6.66. The second-order valence-electron chi connectivity index (χ2n) is 4.92. The fraction of sp³-hybridized carbons (Fsp3) is 0.846. The summed E-state index contributed by atoms with van der Waals surface area (Å²) in [5, 5.41) is 11.4. The van der Waals surface area contributed by atoms with E-state index in [-0.39, 0.29) is 18.6 Å². The van der Waals surface area contributed by atoms with Crippen LogP contribution in [-0.2, 0) is 14.3 Å². The molecule has 5 heteroatoms. The van der Waals surface area contributed by atoms with Crippen LogP contribution < -0.4 is 5.32 Å². The van der Waals surface area contributed by atoms with Crippen molar-refractivity contribution in [2.75, 3.05) is 6.61 Å². The Morgan fingerprint density at radius 2 is 2.06 bits per heavy atom. The molecule has 0 aromatic carbocycles. The lowest BCUT2D eigenvalue weighted by atomic mass is 9.85. The molecule has 5 nitrogen and oxygen atoms in total. The van der Waals surface area contributed by atoms with Crippen molar-refractivity contribution in [3.05, 3.63) is 0 Å². The molecule has 3 unspecified atom stereocenters. The van der Waals surface area contributed by atoms with Crippen LogP contribution in [0.2, 0.25) is 0 Å². The Morgan fingerprint density at radius 1 is 1.39 bits per heavy atom. The van der Waals surface area contributed by atoms with Gasteiger partial charge in [0.1, 0.15) is 0 Å². The first-order valence-corrected chi connectivity index (χ1v) is 6.66. The van der Waals surface area contributed by atoms with Crippen LogP contribution in [0, 0.1) is 5.92 Å². The van der Waals surface area contributed by atoms with Gasteiger partial charge in [-0.15, -0.1) is 0 Å². The third-order valence-corrected chi connectivity index (χ3v) is 3.52. The number of carbonyl (C=O) groups is 2. The summed E-state index contributed by atoms with van der Waals surface area (Å²) in [5.41, 5.74) is 0. The van der Waals surface area contributed by atoms with Crippen LogP contribution in [0.3, 0.4) is 0 Å². The van der Waals surface area contributed by atoms with Crippen LogP contribution in [0.5, 0.6) is 0 Å². The molecule has 0 radical (unpaired) electrons. The number of amides is 1. The zero-order valence-electron chi connectivity index (χ0n) is 11.1. The van der Waals surface area contributed by atoms with E-state index < -0.39 is 12.0 Å². The van der Waals surface area contributed by atoms with E-state index in [2.05, 4.69) is 12.2 Å². The average Bonchev–Trinajstić information content (AvgIpc) is 2.34. The molecule has 0 aromatic heterocycles. The Hall–Kier alpha value is -1.10. The third-order valence-electron chi connectivity index (χ3n) is 3.52. The minimum absolute atomic E-state index is 0.0517. The molecule has 1 rings (SSSR count). The number of ether oxygens (including phenoxy) is 1. The smallest absolute Gasteiger partial charge is 0.328 e. The molecular formula is C13H23NO4. The second kappa shape index (κ2) is 7.36. The van der Waals surface area contributed by atoms with Crippen molar-refractivity contribution < 1.29 is 19.4 Å². The van der Waals surface area contributed by atoms with Gasteiger partial charge in [0.25, 0.3) is 0 Å². The van der Waals surface area contributed by atoms with E-state index in [1.165, 1.54) is 13.3 Å². The van der Waals surface area contributed by atoms with Crippen LogP contribution in [0.25, 0.3) is 0 Å². The number of carboxylic acids is 1. The molecule has 0 aliphatic heterocycles. The fourth-order valence-corrected chi connectivity index (χ4v) is 2.50. The Bertz CT molecular complexity index is 293. The first-order chi connectivity index (χ1) is 8.54. The summed E-state index contributed by atoms with van der Waals surface area (Å²) in [5.74, 6) is -0.874. The van der Waals surface area contributed by atoms with Crippen molar-refractivity contribution in [3.8, 4) is 0 Å². The summed E-state index contributed by atoms with van der Waals surface area (Å²) in [6.45, 7) is 3.50. The maximum atomic E-state index is 11.0. The van der Waals surface area contributed by atoms with Crippen LogP contribution >= 0.6 is 0 Å². The van der Waals surface area contributed by atoms with Crippen molar-refractivity contribution in [2.45, 2.75) is 58.1 Å². The molecule has 1 aliphatic carbocycles. The molecule has 0 spiro atoms. The van der Waals surface area contributed by atoms with Crippen LogP contribution in [-0.4, -0.2) is 35.7 Å².